The van der Waals surface area contributed by atoms with Crippen molar-refractivity contribution < 1.29 is 14.7 Å². The molecule has 0 unspecified atom stereocenters. The summed E-state index contributed by atoms with van der Waals surface area (Å²) in [6.07, 6.45) is -0.112. The molecule has 2 N–H and O–H groups in total. The van der Waals surface area contributed by atoms with Crippen LogP contribution in [0.15, 0.2) is 15.9 Å². The SMILES string of the molecule is CC(=O)N[C@@H](CC(=O)O)c1sccc1Br. The zero-order valence-corrected chi connectivity index (χ0v) is 10.4. The molecule has 1 heterocycles. The Bertz CT molecular complexity index is 361. The van der Waals surface area contributed by atoms with Crippen LogP contribution >= 0.6 is 27.3 Å². The molecule has 1 rings (SSSR count). The Kier molecular flexibility index (Phi) is 4.28. The Morgan fingerprint density at radius 2 is 2.33 bits per heavy atom. The summed E-state index contributed by atoms with van der Waals surface area (Å²) >= 11 is 4.73. The van der Waals surface area contributed by atoms with Gasteiger partial charge in [-0.25, -0.2) is 0 Å². The number of carboxylic acid groups (broad SMARTS) is 1. The van der Waals surface area contributed by atoms with Crippen molar-refractivity contribution in [3.05, 3.63) is 20.8 Å². The Labute approximate surface area is 99.4 Å². The fourth-order valence-corrected chi connectivity index (χ4v) is 2.89. The highest BCUT2D eigenvalue weighted by atomic mass is 79.9. The van der Waals surface area contributed by atoms with Crippen molar-refractivity contribution in [2.45, 2.75) is 19.4 Å². The van der Waals surface area contributed by atoms with Crippen LogP contribution < -0.4 is 5.32 Å². The third-order valence-corrected chi connectivity index (χ3v) is 3.70. The standard InChI is InChI=1S/C9H10BrNO3S/c1-5(12)11-7(4-8(13)14)9-6(10)2-3-15-9/h2-3,7H,4H2,1H3,(H,11,12)(H,13,14)/t7-/m0/s1. The van der Waals surface area contributed by atoms with Gasteiger partial charge in [0.15, 0.2) is 0 Å². The van der Waals surface area contributed by atoms with Crippen LogP contribution in [0.1, 0.15) is 24.3 Å². The third kappa shape index (κ3) is 3.64. The molecule has 0 saturated carbocycles. The molecule has 0 bridgehead atoms. The van der Waals surface area contributed by atoms with E-state index in [4.69, 9.17) is 5.11 Å². The predicted octanol–water partition coefficient (Wildman–Crippen LogP) is 2.16. The zero-order chi connectivity index (χ0) is 11.4. The van der Waals surface area contributed by atoms with Crippen LogP contribution in [0.5, 0.6) is 0 Å². The number of nitrogens with one attached hydrogen (secondary N) is 1. The lowest BCUT2D eigenvalue weighted by atomic mass is 10.1. The number of rotatable bonds is 4. The van der Waals surface area contributed by atoms with E-state index in [1.54, 1.807) is 0 Å². The van der Waals surface area contributed by atoms with E-state index >= 15 is 0 Å². The first-order valence-corrected chi connectivity index (χ1v) is 5.89. The molecule has 1 aromatic heterocycles. The number of halogens is 1. The number of amides is 1. The number of thiophene rings is 1. The van der Waals surface area contributed by atoms with E-state index in [-0.39, 0.29) is 12.3 Å². The Balaban J connectivity index is 2.85. The van der Waals surface area contributed by atoms with Gasteiger partial charge in [-0.1, -0.05) is 0 Å². The first-order chi connectivity index (χ1) is 7.00. The summed E-state index contributed by atoms with van der Waals surface area (Å²) in [5.41, 5.74) is 0. The fourth-order valence-electron chi connectivity index (χ4n) is 1.18. The van der Waals surface area contributed by atoms with E-state index in [9.17, 15) is 9.59 Å². The lowest BCUT2D eigenvalue weighted by Gasteiger charge is -2.14. The first kappa shape index (κ1) is 12.2. The second-order valence-corrected chi connectivity index (χ2v) is 4.79. The molecule has 6 heteroatoms. The third-order valence-electron chi connectivity index (χ3n) is 1.72. The van der Waals surface area contributed by atoms with E-state index in [0.717, 1.165) is 9.35 Å². The number of hydrogen-bond acceptors (Lipinski definition) is 3. The summed E-state index contributed by atoms with van der Waals surface area (Å²) < 4.78 is 0.826. The molecule has 4 nitrogen and oxygen atoms in total. The normalized spacial score (nSPS) is 12.1. The molecule has 0 aliphatic heterocycles. The van der Waals surface area contributed by atoms with E-state index in [1.807, 2.05) is 11.4 Å². The summed E-state index contributed by atoms with van der Waals surface area (Å²) in [4.78, 5) is 22.4. The first-order valence-electron chi connectivity index (χ1n) is 4.22. The molecule has 0 spiro atoms. The minimum Gasteiger partial charge on any atom is -0.481 e. The smallest absolute Gasteiger partial charge is 0.305 e. The van der Waals surface area contributed by atoms with Crippen molar-refractivity contribution in [2.24, 2.45) is 0 Å². The van der Waals surface area contributed by atoms with E-state index in [1.165, 1.54) is 18.3 Å². The van der Waals surface area contributed by atoms with Crippen LogP contribution in [0, 0.1) is 0 Å². The number of aliphatic carboxylic acids is 1. The summed E-state index contributed by atoms with van der Waals surface area (Å²) in [5.74, 6) is -1.17. The number of hydrogen-bond donors (Lipinski definition) is 2. The average molecular weight is 292 g/mol. The molecule has 0 fully saturated rings. The van der Waals surface area contributed by atoms with E-state index < -0.39 is 12.0 Å². The molecule has 0 aliphatic carbocycles. The van der Waals surface area contributed by atoms with Crippen LogP contribution in [-0.4, -0.2) is 17.0 Å². The summed E-state index contributed by atoms with van der Waals surface area (Å²) in [5, 5.41) is 13.2. The van der Waals surface area contributed by atoms with Crippen molar-refractivity contribution >= 4 is 39.1 Å². The lowest BCUT2D eigenvalue weighted by Crippen LogP contribution is -2.27. The van der Waals surface area contributed by atoms with Crippen LogP contribution in [0.4, 0.5) is 0 Å². The molecule has 0 aromatic carbocycles. The van der Waals surface area contributed by atoms with Crippen molar-refractivity contribution in [3.8, 4) is 0 Å². The van der Waals surface area contributed by atoms with Crippen LogP contribution in [-0.2, 0) is 9.59 Å². The highest BCUT2D eigenvalue weighted by Crippen LogP contribution is 2.30. The molecular weight excluding hydrogens is 282 g/mol. The average Bonchev–Trinajstić information content (AvgIpc) is 2.48. The fraction of sp³-hybridized carbons (Fsp3) is 0.333. The summed E-state index contributed by atoms with van der Waals surface area (Å²) in [6, 6.07) is 1.37. The Hall–Kier alpha value is -0.880. The molecular formula is C9H10BrNO3S. The van der Waals surface area contributed by atoms with Gasteiger partial charge in [-0.05, 0) is 27.4 Å². The van der Waals surface area contributed by atoms with Gasteiger partial charge in [0.1, 0.15) is 0 Å². The molecule has 0 saturated heterocycles. The van der Waals surface area contributed by atoms with E-state index in [2.05, 4.69) is 21.2 Å². The molecule has 0 aliphatic rings. The van der Waals surface area contributed by atoms with Gasteiger partial charge in [-0.15, -0.1) is 11.3 Å². The Morgan fingerprint density at radius 1 is 1.67 bits per heavy atom. The van der Waals surface area contributed by atoms with Gasteiger partial charge in [0.25, 0.3) is 0 Å². The number of carboxylic acids is 1. The number of carbonyl (C=O) groups is 2. The maximum absolute atomic E-state index is 10.9. The van der Waals surface area contributed by atoms with Gasteiger partial charge >= 0.3 is 5.97 Å². The zero-order valence-electron chi connectivity index (χ0n) is 7.99. The van der Waals surface area contributed by atoms with Crippen molar-refractivity contribution in [2.75, 3.05) is 0 Å². The molecule has 0 radical (unpaired) electrons. The van der Waals surface area contributed by atoms with E-state index in [0.29, 0.717) is 0 Å². The van der Waals surface area contributed by atoms with Gasteiger partial charge in [-0.2, -0.15) is 0 Å². The molecule has 82 valence electrons. The second-order valence-electron chi connectivity index (χ2n) is 2.98. The minimum absolute atomic E-state index is 0.112. The van der Waals surface area contributed by atoms with Crippen molar-refractivity contribution in [1.29, 1.82) is 0 Å². The van der Waals surface area contributed by atoms with Gasteiger partial charge in [0, 0.05) is 16.3 Å². The van der Waals surface area contributed by atoms with Crippen LogP contribution in [0.3, 0.4) is 0 Å². The van der Waals surface area contributed by atoms with Crippen molar-refractivity contribution in [1.82, 2.24) is 5.32 Å². The van der Waals surface area contributed by atoms with Gasteiger partial charge in [0.05, 0.1) is 12.5 Å². The van der Waals surface area contributed by atoms with Gasteiger partial charge in [0.2, 0.25) is 5.91 Å². The van der Waals surface area contributed by atoms with Crippen LogP contribution in [0.25, 0.3) is 0 Å². The topological polar surface area (TPSA) is 66.4 Å². The second kappa shape index (κ2) is 5.27. The molecule has 15 heavy (non-hydrogen) atoms. The molecule has 1 atom stereocenters. The lowest BCUT2D eigenvalue weighted by molar-refractivity contribution is -0.137. The minimum atomic E-state index is -0.936. The maximum atomic E-state index is 10.9. The van der Waals surface area contributed by atoms with Crippen LogP contribution in [0.2, 0.25) is 0 Å². The number of carbonyl (C=O) groups excluding carboxylic acids is 1. The quantitative estimate of drug-likeness (QED) is 0.893. The van der Waals surface area contributed by atoms with Crippen molar-refractivity contribution in [3.63, 3.8) is 0 Å². The summed E-state index contributed by atoms with van der Waals surface area (Å²) in [6.45, 7) is 1.37. The largest absolute Gasteiger partial charge is 0.481 e. The molecule has 1 amide bonds. The summed E-state index contributed by atoms with van der Waals surface area (Å²) in [7, 11) is 0. The highest BCUT2D eigenvalue weighted by Gasteiger charge is 2.19. The monoisotopic (exact) mass is 291 g/mol. The van der Waals surface area contributed by atoms with Gasteiger partial charge < -0.3 is 10.4 Å². The molecule has 1 aromatic rings. The highest BCUT2D eigenvalue weighted by molar-refractivity contribution is 9.10. The van der Waals surface area contributed by atoms with Gasteiger partial charge in [-0.3, -0.25) is 9.59 Å². The predicted molar refractivity (Wildman–Crippen MR) is 60.8 cm³/mol. The Morgan fingerprint density at radius 3 is 2.73 bits per heavy atom. The maximum Gasteiger partial charge on any atom is 0.305 e.